The Morgan fingerprint density at radius 2 is 1.60 bits per heavy atom. The SMILES string of the molecule is Cc1ccc([C@H]2C([n+]3cc4c(C[C@@H]5CCCN(C)C5)ncc(NC(=O)C(=O)N5C[C@@H](C)CC[C@@H]5c5ccc6c[nH]nc6c5)c4[nH]3)C[C@H](C)CN2C(=O)C(=O)Nc2cnc(N)c3cn[nH]c23)cn1. The first kappa shape index (κ1) is 43.6. The van der Waals surface area contributed by atoms with E-state index in [0.29, 0.717) is 54.0 Å². The van der Waals surface area contributed by atoms with E-state index in [4.69, 9.17) is 10.7 Å². The monoisotopic (exact) mass is 906 g/mol. The number of amides is 4. The molecular weight excluding hydrogens is 851 g/mol. The van der Waals surface area contributed by atoms with Gasteiger partial charge in [-0.1, -0.05) is 32.0 Å². The van der Waals surface area contributed by atoms with Crippen molar-refractivity contribution in [1.82, 2.24) is 55.1 Å². The molecule has 3 aliphatic heterocycles. The summed E-state index contributed by atoms with van der Waals surface area (Å²) in [5.41, 5.74) is 11.9. The van der Waals surface area contributed by atoms with Crippen molar-refractivity contribution in [3.8, 4) is 0 Å². The van der Waals surface area contributed by atoms with Gasteiger partial charge in [0, 0.05) is 49.5 Å². The average molecular weight is 907 g/mol. The fourth-order valence-electron chi connectivity index (χ4n) is 10.6. The number of hydrogen-bond acceptors (Lipinski definition) is 11. The molecule has 10 rings (SSSR count). The summed E-state index contributed by atoms with van der Waals surface area (Å²) < 4.78 is 1.98. The molecule has 1 unspecified atom stereocenters. The Kier molecular flexibility index (Phi) is 11.6. The number of hydrogen-bond donors (Lipinski definition) is 6. The molecule has 0 aliphatic carbocycles. The number of benzene rings is 1. The lowest BCUT2D eigenvalue weighted by Crippen LogP contribution is -2.56. The van der Waals surface area contributed by atoms with Crippen LogP contribution in [0.1, 0.15) is 86.6 Å². The number of aryl methyl sites for hydroxylation is 1. The molecule has 3 fully saturated rings. The molecule has 19 nitrogen and oxygen atoms in total. The highest BCUT2D eigenvalue weighted by Gasteiger charge is 2.47. The van der Waals surface area contributed by atoms with E-state index in [1.165, 1.54) is 12.4 Å². The molecule has 0 bridgehead atoms. The molecule has 7 aromatic rings. The van der Waals surface area contributed by atoms with Gasteiger partial charge in [-0.25, -0.2) is 4.98 Å². The molecule has 19 heteroatoms. The van der Waals surface area contributed by atoms with Crippen molar-refractivity contribution < 1.29 is 23.9 Å². The summed E-state index contributed by atoms with van der Waals surface area (Å²) >= 11 is 0. The highest BCUT2D eigenvalue weighted by Crippen LogP contribution is 2.40. The van der Waals surface area contributed by atoms with Gasteiger partial charge in [0.05, 0.1) is 63.5 Å². The van der Waals surface area contributed by atoms with Crippen molar-refractivity contribution >= 4 is 73.5 Å². The number of nitrogen functional groups attached to an aromatic ring is 1. The zero-order valence-corrected chi connectivity index (χ0v) is 38.1. The van der Waals surface area contributed by atoms with Crippen LogP contribution in [0.15, 0.2) is 67.5 Å². The predicted molar refractivity (Wildman–Crippen MR) is 251 cm³/mol. The number of nitrogens with zero attached hydrogens (tertiary/aromatic N) is 9. The Labute approximate surface area is 386 Å². The third kappa shape index (κ3) is 8.54. The van der Waals surface area contributed by atoms with Crippen molar-refractivity contribution in [1.29, 1.82) is 0 Å². The predicted octanol–water partition coefficient (Wildman–Crippen LogP) is 4.90. The minimum Gasteiger partial charge on any atom is -0.383 e. The number of rotatable bonds is 7. The fraction of sp³-hybridized carbons (Fsp3) is 0.417. The molecule has 0 radical (unpaired) electrons. The van der Waals surface area contributed by atoms with Gasteiger partial charge in [-0.05, 0) is 93.6 Å². The number of fused-ring (bicyclic) bond motifs is 3. The second-order valence-corrected chi connectivity index (χ2v) is 19.1. The first-order chi connectivity index (χ1) is 32.4. The smallest absolute Gasteiger partial charge is 0.314 e. The Balaban J connectivity index is 1.00. The number of nitrogens with one attached hydrogen (secondary N) is 5. The van der Waals surface area contributed by atoms with Crippen molar-refractivity contribution in [2.75, 3.05) is 49.6 Å². The third-order valence-electron chi connectivity index (χ3n) is 14.0. The zero-order valence-electron chi connectivity index (χ0n) is 38.1. The van der Waals surface area contributed by atoms with Gasteiger partial charge in [0.15, 0.2) is 0 Å². The van der Waals surface area contributed by atoms with Crippen LogP contribution in [0, 0.1) is 24.7 Å². The average Bonchev–Trinajstić information content (AvgIpc) is 4.12. The summed E-state index contributed by atoms with van der Waals surface area (Å²) in [6.07, 6.45) is 15.3. The zero-order chi connectivity index (χ0) is 46.5. The quantitative estimate of drug-likeness (QED) is 0.0929. The van der Waals surface area contributed by atoms with Gasteiger partial charge in [-0.3, -0.25) is 39.3 Å². The van der Waals surface area contributed by atoms with E-state index in [9.17, 15) is 19.2 Å². The first-order valence-electron chi connectivity index (χ1n) is 23.2. The highest BCUT2D eigenvalue weighted by atomic mass is 16.2. The lowest BCUT2D eigenvalue weighted by molar-refractivity contribution is -0.779. The topological polar surface area (TPSA) is 244 Å². The maximum Gasteiger partial charge on any atom is 0.314 e. The second kappa shape index (κ2) is 17.8. The van der Waals surface area contributed by atoms with Crippen LogP contribution in [0.5, 0.6) is 0 Å². The molecule has 4 amide bonds. The van der Waals surface area contributed by atoms with Crippen LogP contribution in [0.3, 0.4) is 0 Å². The molecule has 0 spiro atoms. The molecule has 9 heterocycles. The van der Waals surface area contributed by atoms with E-state index in [0.717, 1.165) is 77.6 Å². The lowest BCUT2D eigenvalue weighted by Gasteiger charge is -2.40. The maximum atomic E-state index is 14.5. The summed E-state index contributed by atoms with van der Waals surface area (Å²) in [5, 5.41) is 25.8. The van der Waals surface area contributed by atoms with Crippen LogP contribution in [-0.4, -0.2) is 112 Å². The molecule has 6 atom stereocenters. The maximum absolute atomic E-state index is 14.5. The van der Waals surface area contributed by atoms with Gasteiger partial charge in [0.1, 0.15) is 17.4 Å². The van der Waals surface area contributed by atoms with Crippen LogP contribution in [0.4, 0.5) is 17.2 Å². The Hall–Kier alpha value is -7.28. The summed E-state index contributed by atoms with van der Waals surface area (Å²) in [7, 11) is 2.14. The molecule has 0 saturated carbocycles. The van der Waals surface area contributed by atoms with Crippen molar-refractivity contribution in [3.05, 3.63) is 90.0 Å². The second-order valence-electron chi connectivity index (χ2n) is 19.1. The molecular formula is C48H56N15O4+. The number of aromatic amines is 3. The Morgan fingerprint density at radius 1 is 0.836 bits per heavy atom. The summed E-state index contributed by atoms with van der Waals surface area (Å²) in [4.78, 5) is 76.6. The van der Waals surface area contributed by atoms with Crippen LogP contribution in [0.2, 0.25) is 0 Å². The number of carbonyl (C=O) groups excluding carboxylic acids is 4. The number of nitrogens with two attached hydrogens (primary N) is 1. The Morgan fingerprint density at radius 3 is 2.39 bits per heavy atom. The van der Waals surface area contributed by atoms with Gasteiger partial charge in [-0.15, -0.1) is 4.68 Å². The molecule has 3 aliphatic rings. The van der Waals surface area contributed by atoms with E-state index in [2.05, 4.69) is 71.9 Å². The molecule has 346 valence electrons. The standard InChI is InChI=1S/C48H55N15O4/c1-26-7-12-39(30-10-11-31-18-53-57-35(31)16-30)61(22-26)47(66)45(64)56-38-20-51-36(15-29-6-5-13-60(4)24-29)34-25-63(59-42(34)38)40-14-27(2)23-62(43(40)32-9-8-28(3)50-17-32)48(67)46(65)55-37-21-52-44(49)33-19-54-58-41(33)37/h8-11,16-21,25-27,29,39-40,43H,5-7,12-15,22-24H2,1-4H3,(H6,49,52,53,54,55,56,57,58,64,65,66,67)/p+1/t26-,27-,29-,39+,40?,43-/m0/s1. The van der Waals surface area contributed by atoms with Crippen molar-refractivity contribution in [3.63, 3.8) is 0 Å². The largest absolute Gasteiger partial charge is 0.383 e. The van der Waals surface area contributed by atoms with Gasteiger partial charge in [-0.2, -0.15) is 15.3 Å². The highest BCUT2D eigenvalue weighted by molar-refractivity contribution is 6.40. The van der Waals surface area contributed by atoms with Gasteiger partial charge >= 0.3 is 23.6 Å². The molecule has 1 aromatic carbocycles. The number of anilines is 3. The minimum absolute atomic E-state index is 0.0337. The van der Waals surface area contributed by atoms with Gasteiger partial charge in [0.2, 0.25) is 12.2 Å². The molecule has 7 N–H and O–H groups in total. The number of likely N-dealkylation sites (tertiary alicyclic amines) is 3. The number of pyridine rings is 3. The Bertz CT molecular complexity index is 3010. The fourth-order valence-corrected chi connectivity index (χ4v) is 10.6. The van der Waals surface area contributed by atoms with Crippen molar-refractivity contribution in [2.24, 2.45) is 17.8 Å². The summed E-state index contributed by atoms with van der Waals surface area (Å²) in [6.45, 7) is 8.77. The summed E-state index contributed by atoms with van der Waals surface area (Å²) in [6, 6.07) is 8.47. The molecule has 67 heavy (non-hydrogen) atoms. The normalized spacial score (nSPS) is 22.6. The molecule has 6 aromatic heterocycles. The van der Waals surface area contributed by atoms with E-state index in [-0.39, 0.29) is 29.4 Å². The van der Waals surface area contributed by atoms with Crippen LogP contribution in [0.25, 0.3) is 32.7 Å². The van der Waals surface area contributed by atoms with Gasteiger partial charge < -0.3 is 31.1 Å². The van der Waals surface area contributed by atoms with Gasteiger partial charge in [0.25, 0.3) is 0 Å². The van der Waals surface area contributed by atoms with E-state index >= 15 is 0 Å². The van der Waals surface area contributed by atoms with E-state index in [1.807, 2.05) is 54.3 Å². The number of carbonyl (C=O) groups is 4. The number of H-pyrrole nitrogens is 3. The summed E-state index contributed by atoms with van der Waals surface area (Å²) in [5.74, 6) is -2.16. The minimum atomic E-state index is -0.840. The van der Waals surface area contributed by atoms with E-state index in [1.54, 1.807) is 22.2 Å². The van der Waals surface area contributed by atoms with Crippen LogP contribution < -0.4 is 21.0 Å². The number of piperidine rings is 3. The van der Waals surface area contributed by atoms with Crippen molar-refractivity contribution in [2.45, 2.75) is 77.4 Å². The van der Waals surface area contributed by atoms with E-state index < -0.39 is 35.7 Å². The van der Waals surface area contributed by atoms with Crippen LogP contribution in [-0.2, 0) is 25.6 Å². The first-order valence-corrected chi connectivity index (χ1v) is 23.2. The molecule has 3 saturated heterocycles. The van der Waals surface area contributed by atoms with Crippen LogP contribution >= 0.6 is 0 Å². The lowest BCUT2D eigenvalue weighted by atomic mass is 9.85. The number of aromatic nitrogens is 9. The third-order valence-corrected chi connectivity index (χ3v) is 14.0.